The van der Waals surface area contributed by atoms with Gasteiger partial charge in [0.25, 0.3) is 0 Å². The summed E-state index contributed by atoms with van der Waals surface area (Å²) in [4.78, 5) is 13.7. The lowest BCUT2D eigenvalue weighted by Gasteiger charge is -2.44. The van der Waals surface area contributed by atoms with Gasteiger partial charge < -0.3 is 10.6 Å². The molecule has 1 aliphatic heterocycles. The van der Waals surface area contributed by atoms with Crippen molar-refractivity contribution in [2.45, 2.75) is 63.5 Å². The van der Waals surface area contributed by atoms with Gasteiger partial charge in [-0.25, -0.2) is 0 Å². The maximum atomic E-state index is 11.7. The highest BCUT2D eigenvalue weighted by Gasteiger charge is 2.37. The van der Waals surface area contributed by atoms with Gasteiger partial charge in [-0.2, -0.15) is 0 Å². The van der Waals surface area contributed by atoms with Crippen LogP contribution in [-0.4, -0.2) is 29.4 Å². The first kappa shape index (κ1) is 11.9. The van der Waals surface area contributed by atoms with Crippen LogP contribution in [0.3, 0.4) is 0 Å². The minimum Gasteiger partial charge on any atom is -0.343 e. The van der Waals surface area contributed by atoms with Crippen LogP contribution in [0.25, 0.3) is 0 Å². The number of rotatable bonds is 0. The molecule has 0 aromatic carbocycles. The van der Waals surface area contributed by atoms with Crippen LogP contribution >= 0.6 is 0 Å². The van der Waals surface area contributed by atoms with Crippen LogP contribution in [0, 0.1) is 5.92 Å². The van der Waals surface area contributed by atoms with Crippen molar-refractivity contribution in [3.63, 3.8) is 0 Å². The number of hydrogen-bond donors (Lipinski definition) is 1. The van der Waals surface area contributed by atoms with Crippen LogP contribution in [0.15, 0.2) is 0 Å². The van der Waals surface area contributed by atoms with E-state index >= 15 is 0 Å². The van der Waals surface area contributed by atoms with Crippen molar-refractivity contribution in [3.8, 4) is 0 Å². The Labute approximate surface area is 98.4 Å². The number of piperidine rings is 1. The first-order chi connectivity index (χ1) is 7.49. The molecule has 16 heavy (non-hydrogen) atoms. The quantitative estimate of drug-likeness (QED) is 0.683. The van der Waals surface area contributed by atoms with Gasteiger partial charge in [0.15, 0.2) is 0 Å². The van der Waals surface area contributed by atoms with Crippen LogP contribution in [-0.2, 0) is 4.79 Å². The van der Waals surface area contributed by atoms with E-state index in [1.54, 1.807) is 0 Å². The number of carbonyl (C=O) groups is 1. The SMILES string of the molecule is CN1C(=O)CCC2CC(C)(N)CCCCC21. The van der Waals surface area contributed by atoms with Crippen LogP contribution in [0.1, 0.15) is 51.9 Å². The molecule has 0 spiro atoms. The van der Waals surface area contributed by atoms with E-state index in [4.69, 9.17) is 5.73 Å². The third-order valence-electron chi connectivity index (χ3n) is 4.39. The zero-order valence-corrected chi connectivity index (χ0v) is 10.5. The molecule has 0 aromatic rings. The topological polar surface area (TPSA) is 46.3 Å². The number of amides is 1. The van der Waals surface area contributed by atoms with E-state index in [1.165, 1.54) is 19.3 Å². The highest BCUT2D eigenvalue weighted by molar-refractivity contribution is 5.77. The molecule has 1 saturated carbocycles. The molecule has 3 nitrogen and oxygen atoms in total. The van der Waals surface area contributed by atoms with Crippen molar-refractivity contribution < 1.29 is 4.79 Å². The predicted octanol–water partition coefficient (Wildman–Crippen LogP) is 1.90. The lowest BCUT2D eigenvalue weighted by molar-refractivity contribution is -0.137. The molecule has 2 rings (SSSR count). The second kappa shape index (κ2) is 4.36. The van der Waals surface area contributed by atoms with Crippen molar-refractivity contribution in [3.05, 3.63) is 0 Å². The number of hydrogen-bond acceptors (Lipinski definition) is 2. The minimum absolute atomic E-state index is 0.0232. The summed E-state index contributed by atoms with van der Waals surface area (Å²) in [6.07, 6.45) is 7.56. The zero-order valence-electron chi connectivity index (χ0n) is 10.5. The van der Waals surface area contributed by atoms with Crippen LogP contribution < -0.4 is 5.73 Å². The molecular weight excluding hydrogens is 200 g/mol. The van der Waals surface area contributed by atoms with E-state index in [1.807, 2.05) is 11.9 Å². The van der Waals surface area contributed by atoms with Crippen molar-refractivity contribution in [1.29, 1.82) is 0 Å². The fourth-order valence-corrected chi connectivity index (χ4v) is 3.43. The van der Waals surface area contributed by atoms with Crippen LogP contribution in [0.5, 0.6) is 0 Å². The Morgan fingerprint density at radius 3 is 2.88 bits per heavy atom. The number of nitrogens with zero attached hydrogens (tertiary/aromatic N) is 1. The lowest BCUT2D eigenvalue weighted by Crippen LogP contribution is -2.51. The summed E-state index contributed by atoms with van der Waals surface area (Å²) in [5.41, 5.74) is 6.31. The average Bonchev–Trinajstić information content (AvgIpc) is 2.19. The molecule has 92 valence electrons. The number of likely N-dealkylation sites (tertiary alicyclic amines) is 1. The smallest absolute Gasteiger partial charge is 0.222 e. The van der Waals surface area contributed by atoms with E-state index in [0.29, 0.717) is 24.3 Å². The first-order valence-corrected chi connectivity index (χ1v) is 6.54. The predicted molar refractivity (Wildman–Crippen MR) is 65.0 cm³/mol. The van der Waals surface area contributed by atoms with Crippen molar-refractivity contribution >= 4 is 5.91 Å². The molecule has 0 bridgehead atoms. The Bertz CT molecular complexity index is 275. The molecule has 1 heterocycles. The largest absolute Gasteiger partial charge is 0.343 e. The van der Waals surface area contributed by atoms with Crippen LogP contribution in [0.4, 0.5) is 0 Å². The molecule has 0 radical (unpaired) electrons. The zero-order chi connectivity index (χ0) is 11.8. The van der Waals surface area contributed by atoms with Gasteiger partial charge in [0.2, 0.25) is 5.91 Å². The van der Waals surface area contributed by atoms with E-state index in [-0.39, 0.29) is 5.54 Å². The molecule has 1 aliphatic carbocycles. The summed E-state index contributed by atoms with van der Waals surface area (Å²) >= 11 is 0. The van der Waals surface area contributed by atoms with Gasteiger partial charge in [-0.3, -0.25) is 4.79 Å². The summed E-state index contributed by atoms with van der Waals surface area (Å²) in [7, 11) is 1.97. The Morgan fingerprint density at radius 1 is 1.38 bits per heavy atom. The fraction of sp³-hybridized carbons (Fsp3) is 0.923. The van der Waals surface area contributed by atoms with Gasteiger partial charge in [0.1, 0.15) is 0 Å². The van der Waals surface area contributed by atoms with E-state index in [2.05, 4.69) is 6.92 Å². The fourth-order valence-electron chi connectivity index (χ4n) is 3.43. The molecule has 3 unspecified atom stereocenters. The van der Waals surface area contributed by atoms with Gasteiger partial charge in [0.05, 0.1) is 0 Å². The van der Waals surface area contributed by atoms with Gasteiger partial charge in [0, 0.05) is 25.0 Å². The second-order valence-electron chi connectivity index (χ2n) is 5.97. The molecular formula is C13H24N2O. The van der Waals surface area contributed by atoms with E-state index in [0.717, 1.165) is 19.3 Å². The van der Waals surface area contributed by atoms with Gasteiger partial charge >= 0.3 is 0 Å². The summed E-state index contributed by atoms with van der Waals surface area (Å²) in [6, 6.07) is 0.449. The molecule has 2 aliphatic rings. The molecule has 3 heteroatoms. The van der Waals surface area contributed by atoms with Crippen molar-refractivity contribution in [2.75, 3.05) is 7.05 Å². The molecule has 1 saturated heterocycles. The highest BCUT2D eigenvalue weighted by atomic mass is 16.2. The van der Waals surface area contributed by atoms with Gasteiger partial charge in [-0.05, 0) is 38.5 Å². The third kappa shape index (κ3) is 2.40. The summed E-state index contributed by atoms with van der Waals surface area (Å²) < 4.78 is 0. The summed E-state index contributed by atoms with van der Waals surface area (Å²) in [5.74, 6) is 0.943. The normalized spacial score (nSPS) is 41.2. The third-order valence-corrected chi connectivity index (χ3v) is 4.39. The average molecular weight is 224 g/mol. The number of fused-ring (bicyclic) bond motifs is 1. The lowest BCUT2D eigenvalue weighted by atomic mass is 9.74. The molecule has 2 fully saturated rings. The molecule has 1 amide bonds. The van der Waals surface area contributed by atoms with Crippen molar-refractivity contribution in [1.82, 2.24) is 4.90 Å². The maximum absolute atomic E-state index is 11.7. The summed E-state index contributed by atoms with van der Waals surface area (Å²) in [5, 5.41) is 0. The molecule has 2 N–H and O–H groups in total. The standard InChI is InChI=1S/C13H24N2O/c1-13(14)8-4-3-5-11-10(9-13)6-7-12(16)15(11)2/h10-11H,3-9,14H2,1-2H3. The maximum Gasteiger partial charge on any atom is 0.222 e. The highest BCUT2D eigenvalue weighted by Crippen LogP contribution is 2.36. The van der Waals surface area contributed by atoms with E-state index < -0.39 is 0 Å². The molecule has 0 aromatic heterocycles. The van der Waals surface area contributed by atoms with Gasteiger partial charge in [-0.1, -0.05) is 12.8 Å². The van der Waals surface area contributed by atoms with E-state index in [9.17, 15) is 4.79 Å². The monoisotopic (exact) mass is 224 g/mol. The number of nitrogens with two attached hydrogens (primary N) is 1. The minimum atomic E-state index is -0.0232. The first-order valence-electron chi connectivity index (χ1n) is 6.54. The Morgan fingerprint density at radius 2 is 2.12 bits per heavy atom. The Balaban J connectivity index is 2.12. The van der Waals surface area contributed by atoms with Gasteiger partial charge in [-0.15, -0.1) is 0 Å². The van der Waals surface area contributed by atoms with Crippen molar-refractivity contribution in [2.24, 2.45) is 11.7 Å². The van der Waals surface area contributed by atoms with Crippen LogP contribution in [0.2, 0.25) is 0 Å². The Kier molecular flexibility index (Phi) is 3.24. The number of carbonyl (C=O) groups excluding carboxylic acids is 1. The Hall–Kier alpha value is -0.570. The second-order valence-corrected chi connectivity index (χ2v) is 5.97. The molecule has 3 atom stereocenters. The summed E-state index contributed by atoms with van der Waals surface area (Å²) in [6.45, 7) is 2.17.